The Morgan fingerprint density at radius 2 is 2.07 bits per heavy atom. The molecule has 0 saturated heterocycles. The van der Waals surface area contributed by atoms with E-state index >= 15 is 0 Å². The van der Waals surface area contributed by atoms with Crippen LogP contribution in [0.3, 0.4) is 0 Å². The number of hydrogen-bond donors (Lipinski definition) is 2. The zero-order chi connectivity index (χ0) is 19.2. The number of ether oxygens (including phenoxy) is 1. The summed E-state index contributed by atoms with van der Waals surface area (Å²) >= 11 is 0. The van der Waals surface area contributed by atoms with Gasteiger partial charge in [0.25, 0.3) is 5.92 Å². The van der Waals surface area contributed by atoms with Crippen LogP contribution in [0.15, 0.2) is 42.6 Å². The molecule has 1 atom stereocenters. The maximum Gasteiger partial charge on any atom is 0.281 e. The topological polar surface area (TPSA) is 81.9 Å². The summed E-state index contributed by atoms with van der Waals surface area (Å²) in [5.41, 5.74) is 1.07. The first-order valence-electron chi connectivity index (χ1n) is 7.99. The number of benzene rings is 2. The molecule has 27 heavy (non-hydrogen) atoms. The van der Waals surface area contributed by atoms with Crippen molar-refractivity contribution in [2.75, 3.05) is 0 Å². The van der Waals surface area contributed by atoms with Gasteiger partial charge in [0, 0.05) is 35.4 Å². The molecule has 0 aliphatic heterocycles. The molecule has 4 rings (SSSR count). The minimum Gasteiger partial charge on any atom is -0.457 e. The van der Waals surface area contributed by atoms with Gasteiger partial charge in [0.2, 0.25) is 0 Å². The van der Waals surface area contributed by atoms with Crippen molar-refractivity contribution < 1.29 is 23.0 Å². The molecular weight excluding hydrogens is 359 g/mol. The van der Waals surface area contributed by atoms with Crippen molar-refractivity contribution in [3.63, 3.8) is 0 Å². The van der Waals surface area contributed by atoms with E-state index in [9.17, 15) is 18.3 Å². The number of alkyl halides is 2. The van der Waals surface area contributed by atoms with Gasteiger partial charge in [-0.05, 0) is 30.3 Å². The smallest absolute Gasteiger partial charge is 0.281 e. The Hall–Kier alpha value is -3.31. The van der Waals surface area contributed by atoms with Crippen LogP contribution in [-0.2, 0) is 6.42 Å². The van der Waals surface area contributed by atoms with Crippen molar-refractivity contribution in [1.29, 1.82) is 5.26 Å². The molecule has 1 aliphatic rings. The lowest BCUT2D eigenvalue weighted by molar-refractivity contribution is -0.0966. The Kier molecular flexibility index (Phi) is 3.89. The van der Waals surface area contributed by atoms with E-state index < -0.39 is 24.3 Å². The first-order valence-corrected chi connectivity index (χ1v) is 7.99. The maximum atomic E-state index is 14.2. The van der Waals surface area contributed by atoms with Gasteiger partial charge in [0.1, 0.15) is 23.4 Å². The number of aromatic nitrogens is 2. The molecule has 1 unspecified atom stereocenters. The average molecular weight is 371 g/mol. The first-order chi connectivity index (χ1) is 12.9. The number of nitrogens with zero attached hydrogens (tertiary/aromatic N) is 2. The van der Waals surface area contributed by atoms with Crippen LogP contribution in [0.25, 0.3) is 11.3 Å². The standard InChI is InChI=1S/C19H12F3N3O2/c20-11-5-10(9-23)6-12(7-11)27-16-2-1-13(15-3-4-24-25-15)17-14(16)8-19(21,22)18(17)26/h1-7,18,26H,8H2,(H,24,25). The van der Waals surface area contributed by atoms with E-state index in [1.807, 2.05) is 0 Å². The molecule has 136 valence electrons. The molecule has 0 radical (unpaired) electrons. The zero-order valence-electron chi connectivity index (χ0n) is 13.7. The second-order valence-corrected chi connectivity index (χ2v) is 6.20. The number of nitrogens with one attached hydrogen (secondary N) is 1. The predicted molar refractivity (Wildman–Crippen MR) is 88.8 cm³/mol. The Morgan fingerprint density at radius 1 is 1.26 bits per heavy atom. The van der Waals surface area contributed by atoms with Crippen molar-refractivity contribution in [3.8, 4) is 28.8 Å². The highest BCUT2D eigenvalue weighted by atomic mass is 19.3. The van der Waals surface area contributed by atoms with Crippen LogP contribution in [-0.4, -0.2) is 21.2 Å². The van der Waals surface area contributed by atoms with Gasteiger partial charge in [-0.25, -0.2) is 13.2 Å². The number of aliphatic hydroxyl groups excluding tert-OH is 1. The molecule has 0 bridgehead atoms. The molecule has 2 N–H and O–H groups in total. The second kappa shape index (κ2) is 6.14. The highest BCUT2D eigenvalue weighted by molar-refractivity contribution is 5.70. The summed E-state index contributed by atoms with van der Waals surface area (Å²) < 4.78 is 47.7. The fourth-order valence-electron chi connectivity index (χ4n) is 3.23. The SMILES string of the molecule is N#Cc1cc(F)cc(Oc2ccc(-c3ccn[nH]3)c3c2CC(F)(F)C3O)c1. The van der Waals surface area contributed by atoms with Gasteiger partial charge >= 0.3 is 0 Å². The van der Waals surface area contributed by atoms with Crippen molar-refractivity contribution in [1.82, 2.24) is 10.2 Å². The average Bonchev–Trinajstić information content (AvgIpc) is 3.23. The minimum absolute atomic E-state index is 0.00717. The van der Waals surface area contributed by atoms with E-state index in [1.165, 1.54) is 24.4 Å². The summed E-state index contributed by atoms with van der Waals surface area (Å²) in [6.45, 7) is 0. The second-order valence-electron chi connectivity index (χ2n) is 6.20. The number of hydrogen-bond acceptors (Lipinski definition) is 4. The van der Waals surface area contributed by atoms with Crippen LogP contribution in [0.4, 0.5) is 13.2 Å². The Balaban J connectivity index is 1.83. The molecule has 0 saturated carbocycles. The lowest BCUT2D eigenvalue weighted by atomic mass is 9.98. The van der Waals surface area contributed by atoms with Crippen LogP contribution >= 0.6 is 0 Å². The number of halogens is 3. The first kappa shape index (κ1) is 17.1. The summed E-state index contributed by atoms with van der Waals surface area (Å²) in [4.78, 5) is 0. The van der Waals surface area contributed by atoms with Gasteiger partial charge in [-0.15, -0.1) is 0 Å². The van der Waals surface area contributed by atoms with E-state index in [2.05, 4.69) is 10.2 Å². The lowest BCUT2D eigenvalue weighted by Crippen LogP contribution is -2.21. The zero-order valence-corrected chi connectivity index (χ0v) is 13.7. The lowest BCUT2D eigenvalue weighted by Gasteiger charge is -2.16. The molecule has 0 amide bonds. The largest absolute Gasteiger partial charge is 0.457 e. The number of H-pyrrole nitrogens is 1. The third kappa shape index (κ3) is 2.92. The number of aromatic amines is 1. The Labute approximate surface area is 151 Å². The van der Waals surface area contributed by atoms with Gasteiger partial charge in [-0.2, -0.15) is 10.4 Å². The van der Waals surface area contributed by atoms with Gasteiger partial charge in [0.05, 0.1) is 17.3 Å². The fourth-order valence-corrected chi connectivity index (χ4v) is 3.23. The van der Waals surface area contributed by atoms with Crippen molar-refractivity contribution in [2.24, 2.45) is 0 Å². The summed E-state index contributed by atoms with van der Waals surface area (Å²) in [5, 5.41) is 25.6. The minimum atomic E-state index is -3.36. The Bertz CT molecular complexity index is 1060. The van der Waals surface area contributed by atoms with E-state index in [0.717, 1.165) is 12.1 Å². The molecule has 0 fully saturated rings. The normalized spacial score (nSPS) is 17.4. The molecular formula is C19H12F3N3O2. The molecule has 5 nitrogen and oxygen atoms in total. The van der Waals surface area contributed by atoms with E-state index in [0.29, 0.717) is 11.3 Å². The van der Waals surface area contributed by atoms with Crippen LogP contribution < -0.4 is 4.74 Å². The van der Waals surface area contributed by atoms with E-state index in [-0.39, 0.29) is 28.2 Å². The highest BCUT2D eigenvalue weighted by Crippen LogP contribution is 2.50. The summed E-state index contributed by atoms with van der Waals surface area (Å²) in [6.07, 6.45) is -1.25. The maximum absolute atomic E-state index is 14.2. The van der Waals surface area contributed by atoms with Crippen LogP contribution in [0.5, 0.6) is 11.5 Å². The number of fused-ring (bicyclic) bond motifs is 1. The quantitative estimate of drug-likeness (QED) is 0.726. The molecule has 0 spiro atoms. The van der Waals surface area contributed by atoms with Gasteiger partial charge < -0.3 is 9.84 Å². The molecule has 1 aromatic heterocycles. The predicted octanol–water partition coefficient (Wildman–Crippen LogP) is 4.10. The number of aliphatic hydroxyl groups is 1. The molecule has 8 heteroatoms. The number of rotatable bonds is 3. The highest BCUT2D eigenvalue weighted by Gasteiger charge is 2.49. The summed E-state index contributed by atoms with van der Waals surface area (Å²) in [7, 11) is 0. The van der Waals surface area contributed by atoms with Gasteiger partial charge in [0.15, 0.2) is 0 Å². The third-order valence-electron chi connectivity index (χ3n) is 4.42. The van der Waals surface area contributed by atoms with Crippen LogP contribution in [0, 0.1) is 17.1 Å². The van der Waals surface area contributed by atoms with Crippen molar-refractivity contribution >= 4 is 0 Å². The monoisotopic (exact) mass is 371 g/mol. The van der Waals surface area contributed by atoms with Gasteiger partial charge in [-0.3, -0.25) is 5.10 Å². The number of nitriles is 1. The van der Waals surface area contributed by atoms with Crippen molar-refractivity contribution in [3.05, 3.63) is 65.1 Å². The summed E-state index contributed by atoms with van der Waals surface area (Å²) in [6, 6.07) is 9.80. The van der Waals surface area contributed by atoms with Crippen molar-refractivity contribution in [2.45, 2.75) is 18.4 Å². The molecule has 2 aromatic carbocycles. The van der Waals surface area contributed by atoms with E-state index in [1.54, 1.807) is 12.1 Å². The third-order valence-corrected chi connectivity index (χ3v) is 4.42. The van der Waals surface area contributed by atoms with E-state index in [4.69, 9.17) is 10.00 Å². The van der Waals surface area contributed by atoms with Crippen LogP contribution in [0.2, 0.25) is 0 Å². The van der Waals surface area contributed by atoms with Crippen LogP contribution in [0.1, 0.15) is 22.8 Å². The molecule has 3 aromatic rings. The molecule has 1 aliphatic carbocycles. The fraction of sp³-hybridized carbons (Fsp3) is 0.158. The Morgan fingerprint density at radius 3 is 2.78 bits per heavy atom. The van der Waals surface area contributed by atoms with Gasteiger partial charge in [-0.1, -0.05) is 0 Å². The summed E-state index contributed by atoms with van der Waals surface area (Å²) in [5.74, 6) is -3.97. The molecule has 1 heterocycles.